The van der Waals surface area contributed by atoms with Gasteiger partial charge in [0, 0.05) is 5.56 Å². The summed E-state index contributed by atoms with van der Waals surface area (Å²) in [5.74, 6) is 0.767. The minimum atomic E-state index is -0.525. The second-order valence-corrected chi connectivity index (χ2v) is 5.47. The van der Waals surface area contributed by atoms with Crippen LogP contribution in [0.1, 0.15) is 28.9 Å². The predicted octanol–water partition coefficient (Wildman–Crippen LogP) is 3.37. The van der Waals surface area contributed by atoms with Gasteiger partial charge in [0.15, 0.2) is 0 Å². The van der Waals surface area contributed by atoms with Gasteiger partial charge in [-0.25, -0.2) is 9.59 Å². The quantitative estimate of drug-likeness (QED) is 0.773. The van der Waals surface area contributed by atoms with Crippen LogP contribution < -0.4 is 20.1 Å². The molecule has 0 saturated heterocycles. The van der Waals surface area contributed by atoms with Gasteiger partial charge in [-0.3, -0.25) is 0 Å². The first kappa shape index (κ1) is 19.1. The van der Waals surface area contributed by atoms with E-state index in [4.69, 9.17) is 14.2 Å². The SMILES string of the molecule is COC(=O)c1ccccc1NC(=O)NC(C)c1cc(OC)ccc1OC. The number of esters is 1. The van der Waals surface area contributed by atoms with E-state index >= 15 is 0 Å². The maximum atomic E-state index is 12.4. The molecule has 2 rings (SSSR count). The Morgan fingerprint density at radius 1 is 1.00 bits per heavy atom. The number of para-hydroxylation sites is 1. The van der Waals surface area contributed by atoms with Crippen molar-refractivity contribution in [2.45, 2.75) is 13.0 Å². The Morgan fingerprint density at radius 2 is 1.73 bits per heavy atom. The lowest BCUT2D eigenvalue weighted by Gasteiger charge is -2.19. The number of carbonyl (C=O) groups excluding carboxylic acids is 2. The highest BCUT2D eigenvalue weighted by Gasteiger charge is 2.17. The third kappa shape index (κ3) is 4.44. The molecule has 0 aromatic heterocycles. The molecule has 0 bridgehead atoms. The number of ether oxygens (including phenoxy) is 3. The minimum Gasteiger partial charge on any atom is -0.497 e. The zero-order chi connectivity index (χ0) is 19.1. The lowest BCUT2D eigenvalue weighted by Crippen LogP contribution is -2.32. The minimum absolute atomic E-state index is 0.275. The molecule has 0 heterocycles. The Labute approximate surface area is 152 Å². The van der Waals surface area contributed by atoms with Crippen molar-refractivity contribution >= 4 is 17.7 Å². The van der Waals surface area contributed by atoms with Gasteiger partial charge in [0.1, 0.15) is 11.5 Å². The molecule has 7 nitrogen and oxygen atoms in total. The van der Waals surface area contributed by atoms with Crippen molar-refractivity contribution in [3.05, 3.63) is 53.6 Å². The lowest BCUT2D eigenvalue weighted by molar-refractivity contribution is 0.0602. The number of urea groups is 1. The molecule has 0 saturated carbocycles. The van der Waals surface area contributed by atoms with E-state index in [9.17, 15) is 9.59 Å². The van der Waals surface area contributed by atoms with Crippen molar-refractivity contribution in [3.8, 4) is 11.5 Å². The fourth-order valence-corrected chi connectivity index (χ4v) is 2.49. The second-order valence-electron chi connectivity index (χ2n) is 5.47. The predicted molar refractivity (Wildman–Crippen MR) is 97.9 cm³/mol. The molecular weight excluding hydrogens is 336 g/mol. The molecule has 1 unspecified atom stereocenters. The van der Waals surface area contributed by atoms with Crippen molar-refractivity contribution in [1.29, 1.82) is 0 Å². The number of hydrogen-bond acceptors (Lipinski definition) is 5. The van der Waals surface area contributed by atoms with Gasteiger partial charge in [-0.15, -0.1) is 0 Å². The maximum Gasteiger partial charge on any atom is 0.339 e. The Hall–Kier alpha value is -3.22. The van der Waals surface area contributed by atoms with E-state index in [1.807, 2.05) is 6.92 Å². The number of rotatable bonds is 6. The molecular formula is C19H22N2O5. The number of anilines is 1. The van der Waals surface area contributed by atoms with Crippen LogP contribution in [0.25, 0.3) is 0 Å². The zero-order valence-corrected chi connectivity index (χ0v) is 15.2. The number of benzene rings is 2. The Kier molecular flexibility index (Phi) is 6.43. The summed E-state index contributed by atoms with van der Waals surface area (Å²) in [5, 5.41) is 5.49. The summed E-state index contributed by atoms with van der Waals surface area (Å²) in [6, 6.07) is 11.2. The summed E-state index contributed by atoms with van der Waals surface area (Å²) in [6.45, 7) is 1.82. The standard InChI is InChI=1S/C19H22N2O5/c1-12(15-11-13(24-2)9-10-17(15)25-3)20-19(23)21-16-8-6-5-7-14(16)18(22)26-4/h5-12H,1-4H3,(H2,20,21,23). The highest BCUT2D eigenvalue weighted by Crippen LogP contribution is 2.29. The van der Waals surface area contributed by atoms with Crippen LogP contribution in [0.5, 0.6) is 11.5 Å². The number of methoxy groups -OCH3 is 3. The molecule has 26 heavy (non-hydrogen) atoms. The van der Waals surface area contributed by atoms with Crippen LogP contribution in [0.15, 0.2) is 42.5 Å². The summed E-state index contributed by atoms with van der Waals surface area (Å²) < 4.78 is 15.3. The molecule has 0 radical (unpaired) electrons. The number of nitrogens with one attached hydrogen (secondary N) is 2. The molecule has 0 aliphatic rings. The van der Waals surface area contributed by atoms with E-state index in [0.717, 1.165) is 5.56 Å². The zero-order valence-electron chi connectivity index (χ0n) is 15.2. The largest absolute Gasteiger partial charge is 0.497 e. The van der Waals surface area contributed by atoms with Gasteiger partial charge >= 0.3 is 12.0 Å². The first-order chi connectivity index (χ1) is 12.5. The first-order valence-corrected chi connectivity index (χ1v) is 7.97. The average molecular weight is 358 g/mol. The summed E-state index contributed by atoms with van der Waals surface area (Å²) in [6.07, 6.45) is 0. The van der Waals surface area contributed by atoms with E-state index in [-0.39, 0.29) is 11.6 Å². The monoisotopic (exact) mass is 358 g/mol. The van der Waals surface area contributed by atoms with Crippen LogP contribution in [0, 0.1) is 0 Å². The maximum absolute atomic E-state index is 12.4. The van der Waals surface area contributed by atoms with Crippen LogP contribution in [-0.4, -0.2) is 33.3 Å². The van der Waals surface area contributed by atoms with Gasteiger partial charge in [-0.1, -0.05) is 12.1 Å². The van der Waals surface area contributed by atoms with E-state index < -0.39 is 12.0 Å². The average Bonchev–Trinajstić information content (AvgIpc) is 2.67. The molecule has 0 aliphatic heterocycles. The molecule has 7 heteroatoms. The molecule has 0 spiro atoms. The summed E-state index contributed by atoms with van der Waals surface area (Å²) in [5.41, 5.74) is 1.40. The smallest absolute Gasteiger partial charge is 0.339 e. The Morgan fingerprint density at radius 3 is 2.38 bits per heavy atom. The van der Waals surface area contributed by atoms with E-state index in [2.05, 4.69) is 10.6 Å². The number of hydrogen-bond donors (Lipinski definition) is 2. The van der Waals surface area contributed by atoms with Crippen molar-refractivity contribution in [1.82, 2.24) is 5.32 Å². The molecule has 0 aliphatic carbocycles. The van der Waals surface area contributed by atoms with Gasteiger partial charge in [0.25, 0.3) is 0 Å². The number of amides is 2. The normalized spacial score (nSPS) is 11.2. The first-order valence-electron chi connectivity index (χ1n) is 7.97. The van der Waals surface area contributed by atoms with Gasteiger partial charge in [-0.2, -0.15) is 0 Å². The Balaban J connectivity index is 2.15. The van der Waals surface area contributed by atoms with Crippen LogP contribution in [0.4, 0.5) is 10.5 Å². The molecule has 1 atom stereocenters. The van der Waals surface area contributed by atoms with Crippen molar-refractivity contribution in [2.75, 3.05) is 26.6 Å². The van der Waals surface area contributed by atoms with Crippen molar-refractivity contribution in [2.24, 2.45) is 0 Å². The van der Waals surface area contributed by atoms with E-state index in [1.54, 1.807) is 56.7 Å². The fraction of sp³-hybridized carbons (Fsp3) is 0.263. The second kappa shape index (κ2) is 8.75. The molecule has 2 amide bonds. The van der Waals surface area contributed by atoms with Gasteiger partial charge < -0.3 is 24.8 Å². The molecule has 0 fully saturated rings. The van der Waals surface area contributed by atoms with Gasteiger partial charge in [-0.05, 0) is 37.3 Å². The summed E-state index contributed by atoms with van der Waals surface area (Å²) in [4.78, 5) is 24.2. The highest BCUT2D eigenvalue weighted by molar-refractivity contribution is 6.00. The summed E-state index contributed by atoms with van der Waals surface area (Å²) in [7, 11) is 4.42. The van der Waals surface area contributed by atoms with E-state index in [1.165, 1.54) is 7.11 Å². The van der Waals surface area contributed by atoms with Crippen LogP contribution in [0.3, 0.4) is 0 Å². The van der Waals surface area contributed by atoms with Crippen LogP contribution >= 0.6 is 0 Å². The Bertz CT molecular complexity index is 791. The van der Waals surface area contributed by atoms with Crippen molar-refractivity contribution < 1.29 is 23.8 Å². The molecule has 138 valence electrons. The number of carbonyl (C=O) groups is 2. The van der Waals surface area contributed by atoms with Crippen LogP contribution in [-0.2, 0) is 4.74 Å². The topological polar surface area (TPSA) is 85.9 Å². The fourth-order valence-electron chi connectivity index (χ4n) is 2.49. The summed E-state index contributed by atoms with van der Waals surface area (Å²) >= 11 is 0. The van der Waals surface area contributed by atoms with Gasteiger partial charge in [0.05, 0.1) is 38.6 Å². The van der Waals surface area contributed by atoms with E-state index in [0.29, 0.717) is 17.2 Å². The third-order valence-corrected chi connectivity index (χ3v) is 3.83. The van der Waals surface area contributed by atoms with Crippen LogP contribution in [0.2, 0.25) is 0 Å². The lowest BCUT2D eigenvalue weighted by atomic mass is 10.1. The van der Waals surface area contributed by atoms with Crippen molar-refractivity contribution in [3.63, 3.8) is 0 Å². The highest BCUT2D eigenvalue weighted by atomic mass is 16.5. The van der Waals surface area contributed by atoms with Gasteiger partial charge in [0.2, 0.25) is 0 Å². The third-order valence-electron chi connectivity index (χ3n) is 3.83. The molecule has 2 aromatic rings. The molecule has 2 N–H and O–H groups in total. The molecule has 2 aromatic carbocycles.